The summed E-state index contributed by atoms with van der Waals surface area (Å²) in [6.45, 7) is 1.76. The number of nitrogens with one attached hydrogen (secondary N) is 1. The molecule has 3 rings (SSSR count). The second-order valence-corrected chi connectivity index (χ2v) is 6.20. The highest BCUT2D eigenvalue weighted by Crippen LogP contribution is 2.26. The number of anilines is 1. The fourth-order valence-electron chi connectivity index (χ4n) is 2.04. The van der Waals surface area contributed by atoms with Gasteiger partial charge in [-0.1, -0.05) is 17.7 Å². The average molecular weight is 351 g/mol. The molecule has 0 fully saturated rings. The van der Waals surface area contributed by atoms with Gasteiger partial charge in [-0.15, -0.1) is 11.3 Å². The molecule has 1 aromatic carbocycles. The molecule has 0 aliphatic heterocycles. The maximum Gasteiger partial charge on any atom is 0.236 e. The number of nitrogens with zero attached hydrogens (tertiary/aromatic N) is 1. The summed E-state index contributed by atoms with van der Waals surface area (Å²) in [7, 11) is 0. The number of carbonyl (C=O) groups is 1. The number of amides is 1. The van der Waals surface area contributed by atoms with Gasteiger partial charge in [0.2, 0.25) is 11.8 Å². The van der Waals surface area contributed by atoms with Gasteiger partial charge in [-0.3, -0.25) is 4.79 Å². The Morgan fingerprint density at radius 2 is 2.26 bits per heavy atom. The van der Waals surface area contributed by atoms with Gasteiger partial charge < -0.3 is 9.73 Å². The van der Waals surface area contributed by atoms with Gasteiger partial charge in [-0.2, -0.15) is 0 Å². The maximum absolute atomic E-state index is 13.0. The molecule has 1 amide bonds. The zero-order chi connectivity index (χ0) is 16.4. The Morgan fingerprint density at radius 1 is 1.43 bits per heavy atom. The molecule has 23 heavy (non-hydrogen) atoms. The summed E-state index contributed by atoms with van der Waals surface area (Å²) in [6.07, 6.45) is 0.0500. The van der Waals surface area contributed by atoms with Crippen molar-refractivity contribution < 1.29 is 13.6 Å². The normalized spacial score (nSPS) is 10.7. The molecular formula is C16H12ClFN2O2S. The molecule has 0 atom stereocenters. The third-order valence-electron chi connectivity index (χ3n) is 3.16. The topological polar surface area (TPSA) is 55.1 Å². The van der Waals surface area contributed by atoms with Crippen LogP contribution in [0.25, 0.3) is 10.8 Å². The molecule has 0 spiro atoms. The molecule has 1 N–H and O–H groups in total. The number of rotatable bonds is 4. The quantitative estimate of drug-likeness (QED) is 0.743. The number of hydrogen-bond acceptors (Lipinski definition) is 4. The number of oxazole rings is 1. The van der Waals surface area contributed by atoms with E-state index in [4.69, 9.17) is 16.0 Å². The van der Waals surface area contributed by atoms with E-state index in [1.807, 2.05) is 17.5 Å². The van der Waals surface area contributed by atoms with Crippen molar-refractivity contribution in [3.8, 4) is 10.8 Å². The van der Waals surface area contributed by atoms with Crippen molar-refractivity contribution in [3.05, 3.63) is 58.0 Å². The molecular weight excluding hydrogens is 339 g/mol. The van der Waals surface area contributed by atoms with Gasteiger partial charge in [0.05, 0.1) is 27.7 Å². The Hall–Kier alpha value is -2.18. The molecule has 2 heterocycles. The lowest BCUT2D eigenvalue weighted by atomic mass is 10.2. The van der Waals surface area contributed by atoms with Crippen LogP contribution in [-0.2, 0) is 11.2 Å². The molecule has 0 saturated carbocycles. The van der Waals surface area contributed by atoms with Crippen molar-refractivity contribution in [2.75, 3.05) is 5.32 Å². The van der Waals surface area contributed by atoms with Gasteiger partial charge in [0, 0.05) is 0 Å². The van der Waals surface area contributed by atoms with Crippen molar-refractivity contribution in [1.29, 1.82) is 0 Å². The summed E-state index contributed by atoms with van der Waals surface area (Å²) in [6, 6.07) is 7.61. The number of hydrogen-bond donors (Lipinski definition) is 1. The Bertz CT molecular complexity index is 846. The minimum Gasteiger partial charge on any atom is -0.440 e. The van der Waals surface area contributed by atoms with E-state index in [0.717, 1.165) is 10.9 Å². The monoisotopic (exact) mass is 350 g/mol. The Kier molecular flexibility index (Phi) is 4.45. The second-order valence-electron chi connectivity index (χ2n) is 4.85. The Balaban J connectivity index is 1.73. The SMILES string of the molecule is Cc1oc(-c2cccs2)nc1CC(=O)Nc1ccc(F)cc1Cl. The highest BCUT2D eigenvalue weighted by molar-refractivity contribution is 7.13. The molecule has 0 saturated heterocycles. The standard InChI is InChI=1S/C16H12ClFN2O2S/c1-9-13(20-16(22-9)14-3-2-6-23-14)8-15(21)19-12-5-4-10(18)7-11(12)17/h2-7H,8H2,1H3,(H,19,21). The average Bonchev–Trinajstić information content (AvgIpc) is 3.13. The smallest absolute Gasteiger partial charge is 0.236 e. The lowest BCUT2D eigenvalue weighted by molar-refractivity contribution is -0.115. The lowest BCUT2D eigenvalue weighted by Crippen LogP contribution is -2.15. The number of benzene rings is 1. The van der Waals surface area contributed by atoms with E-state index in [2.05, 4.69) is 10.3 Å². The van der Waals surface area contributed by atoms with Crippen LogP contribution in [0.1, 0.15) is 11.5 Å². The molecule has 3 aromatic rings. The summed E-state index contributed by atoms with van der Waals surface area (Å²) in [5.41, 5.74) is 0.918. The van der Waals surface area contributed by atoms with Crippen molar-refractivity contribution in [2.45, 2.75) is 13.3 Å². The van der Waals surface area contributed by atoms with Gasteiger partial charge in [0.1, 0.15) is 11.6 Å². The third kappa shape index (κ3) is 3.60. The van der Waals surface area contributed by atoms with Crippen LogP contribution in [0.2, 0.25) is 5.02 Å². The second kappa shape index (κ2) is 6.52. The van der Waals surface area contributed by atoms with E-state index >= 15 is 0 Å². The zero-order valence-corrected chi connectivity index (χ0v) is 13.7. The first-order chi connectivity index (χ1) is 11.0. The van der Waals surface area contributed by atoms with E-state index in [0.29, 0.717) is 23.0 Å². The molecule has 2 aromatic heterocycles. The van der Waals surface area contributed by atoms with Crippen molar-refractivity contribution in [3.63, 3.8) is 0 Å². The van der Waals surface area contributed by atoms with Gasteiger partial charge >= 0.3 is 0 Å². The molecule has 0 bridgehead atoms. The van der Waals surface area contributed by atoms with Gasteiger partial charge in [-0.05, 0) is 36.6 Å². The third-order valence-corrected chi connectivity index (χ3v) is 4.33. The molecule has 7 heteroatoms. The summed E-state index contributed by atoms with van der Waals surface area (Å²) >= 11 is 7.41. The lowest BCUT2D eigenvalue weighted by Gasteiger charge is -2.06. The largest absolute Gasteiger partial charge is 0.440 e. The van der Waals surface area contributed by atoms with Crippen LogP contribution in [0.4, 0.5) is 10.1 Å². The van der Waals surface area contributed by atoms with Crippen LogP contribution in [0.5, 0.6) is 0 Å². The van der Waals surface area contributed by atoms with Crippen LogP contribution >= 0.6 is 22.9 Å². The zero-order valence-electron chi connectivity index (χ0n) is 12.1. The van der Waals surface area contributed by atoms with E-state index < -0.39 is 5.82 Å². The van der Waals surface area contributed by atoms with E-state index in [9.17, 15) is 9.18 Å². The number of aryl methyl sites for hydroxylation is 1. The van der Waals surface area contributed by atoms with Crippen LogP contribution in [-0.4, -0.2) is 10.9 Å². The van der Waals surface area contributed by atoms with Gasteiger partial charge in [0.15, 0.2) is 0 Å². The number of halogens is 2. The first-order valence-corrected chi connectivity index (χ1v) is 8.04. The fraction of sp³-hybridized carbons (Fsp3) is 0.125. The number of aromatic nitrogens is 1. The van der Waals surface area contributed by atoms with Crippen LogP contribution in [0, 0.1) is 12.7 Å². The minimum absolute atomic E-state index is 0.0500. The van der Waals surface area contributed by atoms with E-state index in [-0.39, 0.29) is 17.4 Å². The predicted octanol–water partition coefficient (Wildman–Crippen LogP) is 4.69. The molecule has 118 valence electrons. The minimum atomic E-state index is -0.457. The molecule has 4 nitrogen and oxygen atoms in total. The maximum atomic E-state index is 13.0. The summed E-state index contributed by atoms with van der Waals surface area (Å²) in [4.78, 5) is 17.4. The van der Waals surface area contributed by atoms with Crippen LogP contribution in [0.15, 0.2) is 40.1 Å². The summed E-state index contributed by atoms with van der Waals surface area (Å²) < 4.78 is 18.6. The number of carbonyl (C=O) groups excluding carboxylic acids is 1. The van der Waals surface area contributed by atoms with Crippen molar-refractivity contribution in [1.82, 2.24) is 4.98 Å². The molecule has 0 unspecified atom stereocenters. The number of thiophene rings is 1. The van der Waals surface area contributed by atoms with E-state index in [1.165, 1.54) is 23.5 Å². The highest BCUT2D eigenvalue weighted by atomic mass is 35.5. The van der Waals surface area contributed by atoms with Crippen LogP contribution in [0.3, 0.4) is 0 Å². The first-order valence-electron chi connectivity index (χ1n) is 6.78. The molecule has 0 aliphatic rings. The fourth-order valence-corrected chi connectivity index (χ4v) is 2.90. The summed E-state index contributed by atoms with van der Waals surface area (Å²) in [5, 5.41) is 4.72. The van der Waals surface area contributed by atoms with Gasteiger partial charge in [-0.25, -0.2) is 9.37 Å². The highest BCUT2D eigenvalue weighted by Gasteiger charge is 2.16. The summed E-state index contributed by atoms with van der Waals surface area (Å²) in [5.74, 6) is 0.336. The van der Waals surface area contributed by atoms with E-state index in [1.54, 1.807) is 6.92 Å². The molecule has 0 aliphatic carbocycles. The van der Waals surface area contributed by atoms with Crippen molar-refractivity contribution >= 4 is 34.5 Å². The molecule has 0 radical (unpaired) electrons. The Morgan fingerprint density at radius 3 is 2.96 bits per heavy atom. The van der Waals surface area contributed by atoms with Crippen molar-refractivity contribution in [2.24, 2.45) is 0 Å². The van der Waals surface area contributed by atoms with Gasteiger partial charge in [0.25, 0.3) is 0 Å². The Labute approximate surface area is 140 Å². The first kappa shape index (κ1) is 15.7. The predicted molar refractivity (Wildman–Crippen MR) is 88.3 cm³/mol. The van der Waals surface area contributed by atoms with Crippen LogP contribution < -0.4 is 5.32 Å².